The van der Waals surface area contributed by atoms with Gasteiger partial charge < -0.3 is 20.5 Å². The van der Waals surface area contributed by atoms with Crippen LogP contribution in [-0.4, -0.2) is 42.8 Å². The van der Waals surface area contributed by atoms with Gasteiger partial charge in [-0.1, -0.05) is 62.4 Å². The average molecular weight is 481 g/mol. The predicted octanol–water partition coefficient (Wildman–Crippen LogP) is 4.95. The first-order chi connectivity index (χ1) is 16.8. The van der Waals surface area contributed by atoms with E-state index in [9.17, 15) is 14.4 Å². The molecule has 0 bridgehead atoms. The molecule has 0 spiro atoms. The third-order valence-electron chi connectivity index (χ3n) is 6.59. The van der Waals surface area contributed by atoms with Crippen molar-refractivity contribution in [3.63, 3.8) is 0 Å². The molecule has 2 aromatic carbocycles. The summed E-state index contributed by atoms with van der Waals surface area (Å²) in [6.07, 6.45) is 2.14. The van der Waals surface area contributed by atoms with Gasteiger partial charge in [0.2, 0.25) is 5.91 Å². The standard InChI is InChI=1S/C28H36N2O5/c1-19(11-12-27(32)33)13-15-29-26(31)17-20(2)14-16-30-28(34)35-18-25-23-9-5-3-7-21(23)22-8-4-6-10-24(22)25/h3-10,19-20,25H,11-18H2,1-2H3,(H,29,31)(H,30,34)(H,32,33). The van der Waals surface area contributed by atoms with Crippen LogP contribution in [0.2, 0.25) is 0 Å². The van der Waals surface area contributed by atoms with Gasteiger partial charge in [0, 0.05) is 31.8 Å². The van der Waals surface area contributed by atoms with Crippen LogP contribution >= 0.6 is 0 Å². The van der Waals surface area contributed by atoms with E-state index < -0.39 is 12.1 Å². The van der Waals surface area contributed by atoms with E-state index >= 15 is 0 Å². The van der Waals surface area contributed by atoms with Crippen molar-refractivity contribution in [1.29, 1.82) is 0 Å². The molecule has 188 valence electrons. The molecular weight excluding hydrogens is 444 g/mol. The lowest BCUT2D eigenvalue weighted by Crippen LogP contribution is -2.30. The van der Waals surface area contributed by atoms with Crippen molar-refractivity contribution >= 4 is 18.0 Å². The summed E-state index contributed by atoms with van der Waals surface area (Å²) in [5, 5.41) is 14.4. The predicted molar refractivity (Wildman–Crippen MR) is 135 cm³/mol. The van der Waals surface area contributed by atoms with E-state index in [1.165, 1.54) is 22.3 Å². The highest BCUT2D eigenvalue weighted by atomic mass is 16.5. The summed E-state index contributed by atoms with van der Waals surface area (Å²) in [6.45, 7) is 5.24. The molecule has 0 saturated heterocycles. The molecule has 35 heavy (non-hydrogen) atoms. The van der Waals surface area contributed by atoms with Gasteiger partial charge in [-0.3, -0.25) is 9.59 Å². The summed E-state index contributed by atoms with van der Waals surface area (Å²) in [4.78, 5) is 35.0. The number of alkyl carbamates (subject to hydrolysis) is 1. The van der Waals surface area contributed by atoms with E-state index in [2.05, 4.69) is 34.9 Å². The summed E-state index contributed by atoms with van der Waals surface area (Å²) in [7, 11) is 0. The van der Waals surface area contributed by atoms with Crippen LogP contribution in [0.5, 0.6) is 0 Å². The zero-order chi connectivity index (χ0) is 25.2. The first-order valence-electron chi connectivity index (χ1n) is 12.4. The normalized spacial score (nSPS) is 13.9. The molecule has 2 aromatic rings. The molecule has 7 nitrogen and oxygen atoms in total. The van der Waals surface area contributed by atoms with Gasteiger partial charge in [0.05, 0.1) is 0 Å². The van der Waals surface area contributed by atoms with Crippen LogP contribution in [-0.2, 0) is 14.3 Å². The third kappa shape index (κ3) is 7.84. The summed E-state index contributed by atoms with van der Waals surface area (Å²) < 4.78 is 5.55. The van der Waals surface area contributed by atoms with Crippen molar-refractivity contribution in [2.75, 3.05) is 19.7 Å². The van der Waals surface area contributed by atoms with E-state index in [-0.39, 0.29) is 36.7 Å². The first-order valence-corrected chi connectivity index (χ1v) is 12.4. The zero-order valence-electron chi connectivity index (χ0n) is 20.6. The van der Waals surface area contributed by atoms with Gasteiger partial charge in [-0.2, -0.15) is 0 Å². The second-order valence-corrected chi connectivity index (χ2v) is 9.53. The maximum atomic E-state index is 12.3. The molecule has 3 rings (SSSR count). The van der Waals surface area contributed by atoms with Crippen molar-refractivity contribution in [2.45, 2.75) is 51.9 Å². The van der Waals surface area contributed by atoms with Crippen molar-refractivity contribution in [3.8, 4) is 11.1 Å². The van der Waals surface area contributed by atoms with E-state index in [4.69, 9.17) is 9.84 Å². The fourth-order valence-electron chi connectivity index (χ4n) is 4.53. The van der Waals surface area contributed by atoms with E-state index in [0.29, 0.717) is 32.4 Å². The Morgan fingerprint density at radius 1 is 0.857 bits per heavy atom. The van der Waals surface area contributed by atoms with Crippen LogP contribution in [0, 0.1) is 11.8 Å². The van der Waals surface area contributed by atoms with E-state index in [1.807, 2.05) is 38.1 Å². The van der Waals surface area contributed by atoms with Gasteiger partial charge in [-0.25, -0.2) is 4.79 Å². The lowest BCUT2D eigenvalue weighted by atomic mass is 9.98. The number of fused-ring (bicyclic) bond motifs is 3. The van der Waals surface area contributed by atoms with Crippen LogP contribution < -0.4 is 10.6 Å². The number of rotatable bonds is 13. The van der Waals surface area contributed by atoms with Crippen LogP contribution in [0.1, 0.15) is 63.0 Å². The van der Waals surface area contributed by atoms with Crippen molar-refractivity contribution in [2.24, 2.45) is 11.8 Å². The number of carbonyl (C=O) groups is 3. The Balaban J connectivity index is 1.32. The Labute approximate surface area is 207 Å². The maximum absolute atomic E-state index is 12.3. The topological polar surface area (TPSA) is 105 Å². The largest absolute Gasteiger partial charge is 0.481 e. The minimum Gasteiger partial charge on any atom is -0.481 e. The Kier molecular flexibility index (Phi) is 9.70. The molecule has 0 heterocycles. The zero-order valence-corrected chi connectivity index (χ0v) is 20.6. The second-order valence-electron chi connectivity index (χ2n) is 9.53. The highest BCUT2D eigenvalue weighted by molar-refractivity contribution is 5.79. The molecule has 0 saturated carbocycles. The van der Waals surface area contributed by atoms with E-state index in [1.54, 1.807) is 0 Å². The molecule has 0 aliphatic heterocycles. The third-order valence-corrected chi connectivity index (χ3v) is 6.59. The number of amides is 2. The monoisotopic (exact) mass is 480 g/mol. The van der Waals surface area contributed by atoms with Crippen LogP contribution in [0.3, 0.4) is 0 Å². The van der Waals surface area contributed by atoms with E-state index in [0.717, 1.165) is 6.42 Å². The Bertz CT molecular complexity index is 976. The Morgan fingerprint density at radius 3 is 2.06 bits per heavy atom. The summed E-state index contributed by atoms with van der Waals surface area (Å²) in [6, 6.07) is 16.4. The quantitative estimate of drug-likeness (QED) is 0.376. The number of nitrogens with one attached hydrogen (secondary N) is 2. The Morgan fingerprint density at radius 2 is 1.43 bits per heavy atom. The number of hydrogen-bond donors (Lipinski definition) is 3. The number of carbonyl (C=O) groups excluding carboxylic acids is 2. The number of aliphatic carboxylic acids is 1. The fraction of sp³-hybridized carbons (Fsp3) is 0.464. The SMILES string of the molecule is CC(CCNC(=O)CC(C)CCNC(=O)OCC1c2ccccc2-c2ccccc21)CCC(=O)O. The van der Waals surface area contributed by atoms with Gasteiger partial charge in [-0.15, -0.1) is 0 Å². The van der Waals surface area contributed by atoms with Gasteiger partial charge in [0.1, 0.15) is 6.61 Å². The smallest absolute Gasteiger partial charge is 0.407 e. The van der Waals surface area contributed by atoms with Crippen molar-refractivity contribution in [1.82, 2.24) is 10.6 Å². The summed E-state index contributed by atoms with van der Waals surface area (Å²) >= 11 is 0. The van der Waals surface area contributed by atoms with Crippen LogP contribution in [0.15, 0.2) is 48.5 Å². The molecule has 0 fully saturated rings. The average Bonchev–Trinajstić information content (AvgIpc) is 3.15. The highest BCUT2D eigenvalue weighted by Crippen LogP contribution is 2.44. The van der Waals surface area contributed by atoms with Crippen LogP contribution in [0.25, 0.3) is 11.1 Å². The molecule has 2 unspecified atom stereocenters. The number of benzene rings is 2. The van der Waals surface area contributed by atoms with Gasteiger partial charge in [0.15, 0.2) is 0 Å². The molecule has 2 atom stereocenters. The van der Waals surface area contributed by atoms with Crippen molar-refractivity contribution < 1.29 is 24.2 Å². The molecule has 7 heteroatoms. The fourth-order valence-corrected chi connectivity index (χ4v) is 4.53. The maximum Gasteiger partial charge on any atom is 0.407 e. The first kappa shape index (κ1) is 26.3. The number of ether oxygens (including phenoxy) is 1. The lowest BCUT2D eigenvalue weighted by molar-refractivity contribution is -0.137. The number of hydrogen-bond acceptors (Lipinski definition) is 4. The molecule has 1 aliphatic carbocycles. The highest BCUT2D eigenvalue weighted by Gasteiger charge is 2.28. The molecule has 0 aromatic heterocycles. The Hall–Kier alpha value is -3.35. The number of carboxylic acid groups (broad SMARTS) is 1. The molecule has 3 N–H and O–H groups in total. The molecular formula is C28H36N2O5. The molecule has 1 aliphatic rings. The van der Waals surface area contributed by atoms with Gasteiger partial charge in [0.25, 0.3) is 0 Å². The molecule has 2 amide bonds. The lowest BCUT2D eigenvalue weighted by Gasteiger charge is -2.16. The molecule has 0 radical (unpaired) electrons. The summed E-state index contributed by atoms with van der Waals surface area (Å²) in [5.74, 6) is -0.411. The van der Waals surface area contributed by atoms with Gasteiger partial charge in [-0.05, 0) is 53.4 Å². The van der Waals surface area contributed by atoms with Crippen molar-refractivity contribution in [3.05, 3.63) is 59.7 Å². The number of carboxylic acids is 1. The van der Waals surface area contributed by atoms with Gasteiger partial charge >= 0.3 is 12.1 Å². The minimum absolute atomic E-state index is 0.0240. The minimum atomic E-state index is -0.790. The van der Waals surface area contributed by atoms with Crippen LogP contribution in [0.4, 0.5) is 4.79 Å². The summed E-state index contributed by atoms with van der Waals surface area (Å²) in [5.41, 5.74) is 4.74. The second kappa shape index (κ2) is 12.9.